The molecule has 8 heteroatoms. The van der Waals surface area contributed by atoms with Gasteiger partial charge in [-0.3, -0.25) is 9.69 Å². The summed E-state index contributed by atoms with van der Waals surface area (Å²) < 4.78 is 19.6. The van der Waals surface area contributed by atoms with Gasteiger partial charge in [0.2, 0.25) is 0 Å². The summed E-state index contributed by atoms with van der Waals surface area (Å²) in [6, 6.07) is 29.3. The predicted molar refractivity (Wildman–Crippen MR) is 150 cm³/mol. The second-order valence-corrected chi connectivity index (χ2v) is 9.70. The van der Waals surface area contributed by atoms with E-state index in [1.807, 2.05) is 48.5 Å². The minimum Gasteiger partial charge on any atom is -0.488 e. The lowest BCUT2D eigenvalue weighted by Crippen LogP contribution is -2.28. The third-order valence-corrected chi connectivity index (χ3v) is 6.91. The van der Waals surface area contributed by atoms with Crippen molar-refractivity contribution < 1.29 is 23.8 Å². The Balaban J connectivity index is 1.43. The van der Waals surface area contributed by atoms with Gasteiger partial charge >= 0.3 is 5.97 Å². The average Bonchev–Trinajstić information content (AvgIpc) is 3.22. The molecule has 0 spiro atoms. The number of carboxylic acids is 1. The van der Waals surface area contributed by atoms with E-state index in [2.05, 4.69) is 0 Å². The lowest BCUT2D eigenvalue weighted by atomic mass is 10.1. The van der Waals surface area contributed by atoms with E-state index in [1.165, 1.54) is 36.0 Å². The quantitative estimate of drug-likeness (QED) is 0.247. The maximum atomic E-state index is 13.6. The number of nitrogens with zero attached hydrogens (tertiary/aromatic N) is 2. The van der Waals surface area contributed by atoms with Crippen molar-refractivity contribution in [2.75, 3.05) is 0 Å². The lowest BCUT2D eigenvalue weighted by Gasteiger charge is -2.16. The molecule has 0 aliphatic carbocycles. The first-order chi connectivity index (χ1) is 19.0. The van der Waals surface area contributed by atoms with Crippen molar-refractivity contribution >= 4 is 40.6 Å². The number of halogens is 1. The van der Waals surface area contributed by atoms with Crippen molar-refractivity contribution in [1.29, 1.82) is 0 Å². The number of amides is 1. The van der Waals surface area contributed by atoms with E-state index < -0.39 is 5.97 Å². The van der Waals surface area contributed by atoms with Crippen LogP contribution in [-0.2, 0) is 17.9 Å². The Morgan fingerprint density at radius 1 is 0.923 bits per heavy atom. The first-order valence-corrected chi connectivity index (χ1v) is 12.9. The van der Waals surface area contributed by atoms with E-state index in [4.69, 9.17) is 9.73 Å². The van der Waals surface area contributed by atoms with Crippen LogP contribution in [0, 0.1) is 5.82 Å². The van der Waals surface area contributed by atoms with Crippen molar-refractivity contribution in [3.8, 4) is 5.75 Å². The van der Waals surface area contributed by atoms with Crippen LogP contribution in [0.4, 0.5) is 10.1 Å². The van der Waals surface area contributed by atoms with Crippen LogP contribution in [0.25, 0.3) is 6.08 Å². The molecular weight excluding hydrogens is 515 g/mol. The summed E-state index contributed by atoms with van der Waals surface area (Å²) in [5.74, 6) is -1.00. The number of rotatable bonds is 8. The monoisotopic (exact) mass is 538 g/mol. The van der Waals surface area contributed by atoms with Crippen LogP contribution in [0.3, 0.4) is 0 Å². The second-order valence-electron chi connectivity index (χ2n) is 8.69. The highest BCUT2D eigenvalue weighted by molar-refractivity contribution is 8.18. The van der Waals surface area contributed by atoms with Crippen molar-refractivity contribution in [2.24, 2.45) is 4.99 Å². The minimum atomic E-state index is -1.01. The van der Waals surface area contributed by atoms with Crippen LogP contribution < -0.4 is 4.74 Å². The van der Waals surface area contributed by atoms with Crippen molar-refractivity contribution in [2.45, 2.75) is 13.2 Å². The number of carbonyl (C=O) groups excluding carboxylic acids is 1. The predicted octanol–water partition coefficient (Wildman–Crippen LogP) is 6.91. The number of hydrogen-bond donors (Lipinski definition) is 1. The van der Waals surface area contributed by atoms with Crippen LogP contribution in [-0.4, -0.2) is 27.1 Å². The third-order valence-electron chi connectivity index (χ3n) is 5.90. The van der Waals surface area contributed by atoms with Crippen LogP contribution in [0.5, 0.6) is 5.75 Å². The van der Waals surface area contributed by atoms with E-state index in [9.17, 15) is 19.1 Å². The van der Waals surface area contributed by atoms with Crippen molar-refractivity contribution in [3.63, 3.8) is 0 Å². The zero-order valence-electron chi connectivity index (χ0n) is 20.7. The first-order valence-electron chi connectivity index (χ1n) is 12.1. The standard InChI is InChI=1S/C31H23FN2O4S/c32-25-9-6-7-22(17-25)20-38-27-12-5-4-8-24(27)18-28-29(35)34(19-21-13-15-23(16-14-21)30(36)37)31(39-28)33-26-10-2-1-3-11-26/h1-18H,19-20H2,(H,36,37)/b28-18-,33-31?. The van der Waals surface area contributed by atoms with Gasteiger partial charge in [-0.25, -0.2) is 14.2 Å². The summed E-state index contributed by atoms with van der Waals surface area (Å²) in [5, 5.41) is 9.71. The largest absolute Gasteiger partial charge is 0.488 e. The summed E-state index contributed by atoms with van der Waals surface area (Å²) in [5.41, 5.74) is 3.06. The number of carbonyl (C=O) groups is 2. The molecule has 1 N–H and O–H groups in total. The number of aromatic carboxylic acids is 1. The highest BCUT2D eigenvalue weighted by Gasteiger charge is 2.33. The van der Waals surface area contributed by atoms with Gasteiger partial charge in [-0.2, -0.15) is 0 Å². The molecule has 1 saturated heterocycles. The van der Waals surface area contributed by atoms with Gasteiger partial charge in [0.1, 0.15) is 18.2 Å². The van der Waals surface area contributed by atoms with Crippen LogP contribution in [0.15, 0.2) is 113 Å². The Labute approximate surface area is 229 Å². The molecule has 194 valence electrons. The number of ether oxygens (including phenoxy) is 1. The van der Waals surface area contributed by atoms with Gasteiger partial charge in [-0.05, 0) is 71.4 Å². The van der Waals surface area contributed by atoms with Gasteiger partial charge in [-0.1, -0.05) is 60.7 Å². The normalized spacial score (nSPS) is 15.2. The van der Waals surface area contributed by atoms with Gasteiger partial charge in [-0.15, -0.1) is 0 Å². The molecule has 6 nitrogen and oxygen atoms in total. The molecule has 1 aliphatic rings. The molecule has 0 radical (unpaired) electrons. The molecule has 1 heterocycles. The topological polar surface area (TPSA) is 79.2 Å². The molecule has 0 aromatic heterocycles. The molecular formula is C31H23FN2O4S. The summed E-state index contributed by atoms with van der Waals surface area (Å²) in [7, 11) is 0. The molecule has 0 atom stereocenters. The molecule has 1 amide bonds. The smallest absolute Gasteiger partial charge is 0.335 e. The number of para-hydroxylation sites is 2. The fourth-order valence-electron chi connectivity index (χ4n) is 3.94. The third kappa shape index (κ3) is 6.42. The highest BCUT2D eigenvalue weighted by atomic mass is 32.2. The number of hydrogen-bond acceptors (Lipinski definition) is 5. The number of benzene rings is 4. The van der Waals surface area contributed by atoms with E-state index in [0.29, 0.717) is 32.6 Å². The molecule has 5 rings (SSSR count). The maximum Gasteiger partial charge on any atom is 0.335 e. The summed E-state index contributed by atoms with van der Waals surface area (Å²) in [4.78, 5) is 31.6. The Kier molecular flexibility index (Phi) is 7.84. The van der Waals surface area contributed by atoms with Crippen molar-refractivity contribution in [1.82, 2.24) is 4.90 Å². The second kappa shape index (κ2) is 11.8. The van der Waals surface area contributed by atoms with Crippen LogP contribution in [0.2, 0.25) is 0 Å². The SMILES string of the molecule is O=C(O)c1ccc(CN2C(=O)/C(=C/c3ccccc3OCc3cccc(F)c3)SC2=Nc2ccccc2)cc1. The highest BCUT2D eigenvalue weighted by Crippen LogP contribution is 2.36. The zero-order chi connectivity index (χ0) is 27.2. The fourth-order valence-corrected chi connectivity index (χ4v) is 4.93. The summed E-state index contributed by atoms with van der Waals surface area (Å²) in [6.07, 6.45) is 1.77. The maximum absolute atomic E-state index is 13.6. The number of carboxylic acid groups (broad SMARTS) is 1. The van der Waals surface area contributed by atoms with Gasteiger partial charge < -0.3 is 9.84 Å². The molecule has 1 fully saturated rings. The van der Waals surface area contributed by atoms with E-state index in [0.717, 1.165) is 5.56 Å². The summed E-state index contributed by atoms with van der Waals surface area (Å²) in [6.45, 7) is 0.407. The Hall–Kier alpha value is -4.69. The number of amidine groups is 1. The number of aliphatic imine (C=N–C) groups is 1. The zero-order valence-corrected chi connectivity index (χ0v) is 21.5. The van der Waals surface area contributed by atoms with E-state index >= 15 is 0 Å². The van der Waals surface area contributed by atoms with Gasteiger partial charge in [0.05, 0.1) is 22.7 Å². The van der Waals surface area contributed by atoms with Crippen molar-refractivity contribution in [3.05, 3.63) is 136 Å². The van der Waals surface area contributed by atoms with Crippen LogP contribution in [0.1, 0.15) is 27.0 Å². The van der Waals surface area contributed by atoms with E-state index in [-0.39, 0.29) is 30.4 Å². The molecule has 0 saturated carbocycles. The Morgan fingerprint density at radius 3 is 2.41 bits per heavy atom. The molecule has 4 aromatic rings. The lowest BCUT2D eigenvalue weighted by molar-refractivity contribution is -0.122. The molecule has 0 unspecified atom stereocenters. The first kappa shape index (κ1) is 25.9. The molecule has 39 heavy (non-hydrogen) atoms. The van der Waals surface area contributed by atoms with E-state index in [1.54, 1.807) is 41.3 Å². The molecule has 4 aromatic carbocycles. The Morgan fingerprint density at radius 2 is 1.67 bits per heavy atom. The minimum absolute atomic E-state index is 0.175. The Bertz CT molecular complexity index is 1570. The summed E-state index contributed by atoms with van der Waals surface area (Å²) >= 11 is 1.26. The molecule has 0 bridgehead atoms. The van der Waals surface area contributed by atoms with Gasteiger partial charge in [0.25, 0.3) is 5.91 Å². The van der Waals surface area contributed by atoms with Gasteiger partial charge in [0.15, 0.2) is 5.17 Å². The molecule has 1 aliphatic heterocycles. The number of thioether (sulfide) groups is 1. The van der Waals surface area contributed by atoms with Gasteiger partial charge in [0, 0.05) is 5.56 Å². The average molecular weight is 539 g/mol. The fraction of sp³-hybridized carbons (Fsp3) is 0.0645. The van der Waals surface area contributed by atoms with Crippen LogP contribution >= 0.6 is 11.8 Å².